The molecule has 0 spiro atoms. The predicted molar refractivity (Wildman–Crippen MR) is 73.6 cm³/mol. The van der Waals surface area contributed by atoms with Gasteiger partial charge in [0.2, 0.25) is 0 Å². The predicted octanol–water partition coefficient (Wildman–Crippen LogP) is -0.595. The molecule has 5 nitrogen and oxygen atoms in total. The van der Waals surface area contributed by atoms with Gasteiger partial charge in [-0.05, 0) is 0 Å². The molecule has 99 valence electrons. The Labute approximate surface area is 115 Å². The van der Waals surface area contributed by atoms with E-state index in [4.69, 9.17) is 5.11 Å². The van der Waals surface area contributed by atoms with Gasteiger partial charge in [-0.2, -0.15) is 0 Å². The molecule has 6 heteroatoms. The third-order valence-corrected chi connectivity index (χ3v) is 5.30. The molecule has 18 heavy (non-hydrogen) atoms. The average molecular weight is 311 g/mol. The Bertz CT molecular complexity index is 377. The topological polar surface area (TPSA) is 61.3 Å². The van der Waals surface area contributed by atoms with Crippen LogP contribution in [0.1, 0.15) is 12.8 Å². The monoisotopic (exact) mass is 311 g/mol. The van der Waals surface area contributed by atoms with Crippen molar-refractivity contribution < 1.29 is 5.11 Å². The number of aliphatic hydroxyl groups excluding tert-OH is 1. The van der Waals surface area contributed by atoms with Crippen molar-refractivity contribution in [1.82, 2.24) is 15.3 Å². The molecular weight excluding hydrogens is 291 g/mol. The summed E-state index contributed by atoms with van der Waals surface area (Å²) in [4.78, 5) is 11.3. The van der Waals surface area contributed by atoms with Crippen LogP contribution in [0.5, 0.6) is 0 Å². The van der Waals surface area contributed by atoms with E-state index in [0.717, 1.165) is 35.1 Å². The van der Waals surface area contributed by atoms with Gasteiger partial charge in [-0.25, -0.2) is 0 Å². The molecule has 0 bridgehead atoms. The minimum absolute atomic E-state index is 0.00450. The second-order valence-electron chi connectivity index (χ2n) is 4.39. The van der Waals surface area contributed by atoms with Gasteiger partial charge in [0.05, 0.1) is 0 Å². The van der Waals surface area contributed by atoms with Crippen molar-refractivity contribution >= 4 is 26.2 Å². The summed E-state index contributed by atoms with van der Waals surface area (Å²) in [5.74, 6) is 1.05. The molecular formula is C12H20AsN4O. The number of nitrogens with one attached hydrogen (secondary N) is 1. The maximum absolute atomic E-state index is 8.79. The first-order valence-corrected chi connectivity index (χ1v) is 8.63. The molecule has 0 amide bonds. The van der Waals surface area contributed by atoms with Crippen molar-refractivity contribution in [1.29, 1.82) is 0 Å². The fourth-order valence-electron chi connectivity index (χ4n) is 2.05. The summed E-state index contributed by atoms with van der Waals surface area (Å²) in [6.45, 7) is 2.36. The summed E-state index contributed by atoms with van der Waals surface area (Å²) in [5.41, 5.74) is 0. The third-order valence-electron chi connectivity index (χ3n) is 3.12. The summed E-state index contributed by atoms with van der Waals surface area (Å²) >= 11 is -0.00450. The van der Waals surface area contributed by atoms with E-state index >= 15 is 0 Å². The molecule has 0 unspecified atom stereocenters. The average Bonchev–Trinajstić information content (AvgIpc) is 2.88. The van der Waals surface area contributed by atoms with Crippen molar-refractivity contribution in [2.24, 2.45) is 0 Å². The number of likely N-dealkylation sites (N-methyl/N-ethyl adjacent to an activating group) is 1. The molecule has 0 aliphatic carbocycles. The van der Waals surface area contributed by atoms with Crippen LogP contribution < -0.4 is 14.8 Å². The van der Waals surface area contributed by atoms with Crippen LogP contribution in [-0.2, 0) is 0 Å². The first-order valence-electron chi connectivity index (χ1n) is 6.37. The van der Waals surface area contributed by atoms with Gasteiger partial charge in [0.25, 0.3) is 0 Å². The van der Waals surface area contributed by atoms with Crippen molar-refractivity contribution in [2.75, 3.05) is 31.6 Å². The van der Waals surface area contributed by atoms with Gasteiger partial charge in [0.15, 0.2) is 0 Å². The number of rotatable bonds is 6. The summed E-state index contributed by atoms with van der Waals surface area (Å²) in [7, 11) is 2.01. The first-order chi connectivity index (χ1) is 8.83. The van der Waals surface area contributed by atoms with Crippen LogP contribution in [0.2, 0.25) is 5.21 Å². The van der Waals surface area contributed by atoms with Crippen LogP contribution in [0, 0.1) is 0 Å². The Hall–Kier alpha value is -0.642. The molecule has 1 atom stereocenters. The number of hydrogen-bond acceptors (Lipinski definition) is 5. The number of anilines is 1. The minimum atomic E-state index is -0.00450. The summed E-state index contributed by atoms with van der Waals surface area (Å²) in [6.07, 6.45) is 3.89. The van der Waals surface area contributed by atoms with E-state index in [0.29, 0.717) is 6.04 Å². The van der Waals surface area contributed by atoms with E-state index in [1.807, 2.05) is 19.3 Å². The Balaban J connectivity index is 1.94. The molecule has 0 aromatic carbocycles. The van der Waals surface area contributed by atoms with E-state index in [1.165, 1.54) is 6.42 Å². The van der Waals surface area contributed by atoms with Crippen LogP contribution in [0.25, 0.3) is 0 Å². The van der Waals surface area contributed by atoms with Gasteiger partial charge in [0, 0.05) is 0 Å². The Morgan fingerprint density at radius 1 is 1.61 bits per heavy atom. The van der Waals surface area contributed by atoms with Gasteiger partial charge < -0.3 is 0 Å². The normalized spacial score (nSPS) is 20.1. The molecule has 2 N–H and O–H groups in total. The van der Waals surface area contributed by atoms with E-state index in [-0.39, 0.29) is 22.4 Å². The second-order valence-corrected chi connectivity index (χ2v) is 6.83. The van der Waals surface area contributed by atoms with Crippen molar-refractivity contribution in [2.45, 2.75) is 24.1 Å². The van der Waals surface area contributed by atoms with E-state index in [2.05, 4.69) is 20.2 Å². The van der Waals surface area contributed by atoms with Crippen molar-refractivity contribution in [3.63, 3.8) is 0 Å². The maximum atomic E-state index is 8.79. The van der Waals surface area contributed by atoms with Crippen LogP contribution in [0.15, 0.2) is 12.3 Å². The molecule has 1 aliphatic rings. The zero-order valence-electron chi connectivity index (χ0n) is 10.7. The number of hydrogen-bond donors (Lipinski definition) is 2. The zero-order chi connectivity index (χ0) is 12.8. The van der Waals surface area contributed by atoms with Gasteiger partial charge in [0.1, 0.15) is 0 Å². The Kier molecular flexibility index (Phi) is 5.42. The van der Waals surface area contributed by atoms with Gasteiger partial charge >= 0.3 is 115 Å². The fraction of sp³-hybridized carbons (Fsp3) is 0.667. The van der Waals surface area contributed by atoms with Crippen LogP contribution in [0.3, 0.4) is 0 Å². The van der Waals surface area contributed by atoms with Gasteiger partial charge in [-0.15, -0.1) is 0 Å². The standard InChI is InChI=1S/C12H20AsN4O/c1-14-10-4-7-17(9-10)11-3-6-15-12(16-11)13-5-2-8-18/h3,6,10,14,18H,2,4-5,7-9H2,1H3/t10-/m0/s1. The molecule has 2 rings (SSSR count). The van der Waals surface area contributed by atoms with Crippen LogP contribution in [-0.4, -0.2) is 63.6 Å². The molecule has 0 saturated carbocycles. The Morgan fingerprint density at radius 2 is 2.50 bits per heavy atom. The second kappa shape index (κ2) is 7.07. The quantitative estimate of drug-likeness (QED) is 0.543. The van der Waals surface area contributed by atoms with Gasteiger partial charge in [-0.3, -0.25) is 0 Å². The molecule has 1 aliphatic heterocycles. The molecule has 1 radical (unpaired) electrons. The van der Waals surface area contributed by atoms with Crippen molar-refractivity contribution in [3.8, 4) is 0 Å². The Morgan fingerprint density at radius 3 is 3.22 bits per heavy atom. The number of aromatic nitrogens is 2. The van der Waals surface area contributed by atoms with E-state index < -0.39 is 0 Å². The SMILES string of the molecule is CN[C@H]1CCN(c2ccnc([As]CCCO)n2)C1. The van der Waals surface area contributed by atoms with E-state index in [1.54, 1.807) is 0 Å². The van der Waals surface area contributed by atoms with Crippen LogP contribution in [0.4, 0.5) is 5.82 Å². The van der Waals surface area contributed by atoms with Gasteiger partial charge in [-0.1, -0.05) is 0 Å². The summed E-state index contributed by atoms with van der Waals surface area (Å²) in [5, 5.41) is 13.1. The number of aliphatic hydroxyl groups is 1. The molecule has 1 aromatic heterocycles. The van der Waals surface area contributed by atoms with E-state index in [9.17, 15) is 0 Å². The summed E-state index contributed by atoms with van der Waals surface area (Å²) in [6, 6.07) is 2.57. The fourth-order valence-corrected chi connectivity index (χ4v) is 3.77. The first kappa shape index (κ1) is 13.8. The van der Waals surface area contributed by atoms with Crippen molar-refractivity contribution in [3.05, 3.63) is 12.3 Å². The zero-order valence-corrected chi connectivity index (χ0v) is 12.6. The number of nitrogens with zero attached hydrogens (tertiary/aromatic N) is 3. The van der Waals surface area contributed by atoms with Crippen LogP contribution >= 0.6 is 0 Å². The molecule has 2 heterocycles. The molecule has 1 fully saturated rings. The summed E-state index contributed by atoms with van der Waals surface area (Å²) < 4.78 is 0.977. The third kappa shape index (κ3) is 3.67. The molecule has 1 saturated heterocycles. The molecule has 1 aromatic rings.